The number of anilines is 2. The molecule has 0 aliphatic rings. The van der Waals surface area contributed by atoms with Crippen molar-refractivity contribution in [3.8, 4) is 16.9 Å². The van der Waals surface area contributed by atoms with Crippen LogP contribution in [0.3, 0.4) is 0 Å². The summed E-state index contributed by atoms with van der Waals surface area (Å²) in [6.45, 7) is 0. The third-order valence-electron chi connectivity index (χ3n) is 4.90. The van der Waals surface area contributed by atoms with Gasteiger partial charge < -0.3 is 15.4 Å². The van der Waals surface area contributed by atoms with E-state index in [1.54, 1.807) is 36.0 Å². The van der Waals surface area contributed by atoms with Gasteiger partial charge in [0.1, 0.15) is 5.75 Å². The Morgan fingerprint density at radius 1 is 0.727 bits per heavy atom. The van der Waals surface area contributed by atoms with Gasteiger partial charge in [-0.1, -0.05) is 42.5 Å². The summed E-state index contributed by atoms with van der Waals surface area (Å²) in [7, 11) is 0. The summed E-state index contributed by atoms with van der Waals surface area (Å²) >= 11 is 7.05. The van der Waals surface area contributed by atoms with Gasteiger partial charge in [-0.3, -0.25) is 0 Å². The fourth-order valence-electron chi connectivity index (χ4n) is 3.17. The quantitative estimate of drug-likeness (QED) is 0.136. The predicted molar refractivity (Wildman–Crippen MR) is 141 cm³/mol. The second-order valence-electron chi connectivity index (χ2n) is 7.16. The Bertz CT molecular complexity index is 1220. The molecule has 4 rings (SSSR count). The predicted octanol–water partition coefficient (Wildman–Crippen LogP) is 7.10. The van der Waals surface area contributed by atoms with Crippen LogP contribution in [0, 0.1) is 0 Å². The maximum absolute atomic E-state index is 12.3. The second-order valence-corrected chi connectivity index (χ2v) is 8.45. The zero-order valence-electron chi connectivity index (χ0n) is 17.9. The molecule has 0 aliphatic heterocycles. The van der Waals surface area contributed by atoms with E-state index in [1.165, 1.54) is 5.56 Å². The minimum absolute atomic E-state index is 0.389. The number of carbonyl (C=O) groups excluding carboxylic acids is 1. The van der Waals surface area contributed by atoms with Gasteiger partial charge in [-0.05, 0) is 90.3 Å². The first-order valence-electron chi connectivity index (χ1n) is 10.3. The van der Waals surface area contributed by atoms with Crippen LogP contribution >= 0.6 is 24.0 Å². The van der Waals surface area contributed by atoms with E-state index in [-0.39, 0.29) is 5.97 Å². The van der Waals surface area contributed by atoms with Crippen molar-refractivity contribution < 1.29 is 9.53 Å². The van der Waals surface area contributed by atoms with Gasteiger partial charge in [-0.2, -0.15) is 0 Å². The lowest BCUT2D eigenvalue weighted by Gasteiger charge is -2.12. The van der Waals surface area contributed by atoms with Crippen molar-refractivity contribution in [2.45, 2.75) is 4.90 Å². The molecule has 0 amide bonds. The van der Waals surface area contributed by atoms with Crippen LogP contribution in [0.1, 0.15) is 10.4 Å². The van der Waals surface area contributed by atoms with Gasteiger partial charge in [0.25, 0.3) is 0 Å². The van der Waals surface area contributed by atoms with E-state index in [0.717, 1.165) is 21.8 Å². The molecule has 164 valence electrons. The highest BCUT2D eigenvalue weighted by Gasteiger charge is 2.09. The molecule has 4 nitrogen and oxygen atoms in total. The van der Waals surface area contributed by atoms with Crippen LogP contribution in [-0.4, -0.2) is 17.3 Å². The second kappa shape index (κ2) is 10.8. The zero-order chi connectivity index (χ0) is 23.0. The standard InChI is InChI=1S/C27H22N2O2S2/c1-33-25-17-9-21(10-18-25)26(30)31-24-15-13-23(14-16-24)29-27(32)28-22-11-7-20(8-12-22)19-5-3-2-4-6-19/h2-18H,1H3,(H2,28,29,32). The number of thiocarbonyl (C=S) groups is 1. The third kappa shape index (κ3) is 6.22. The molecule has 0 aromatic heterocycles. The Hall–Kier alpha value is -3.61. The zero-order valence-corrected chi connectivity index (χ0v) is 19.6. The molecule has 6 heteroatoms. The number of hydrogen-bond donors (Lipinski definition) is 2. The summed E-state index contributed by atoms with van der Waals surface area (Å²) in [5, 5.41) is 6.79. The van der Waals surface area contributed by atoms with Crippen molar-refractivity contribution in [2.75, 3.05) is 16.9 Å². The highest BCUT2D eigenvalue weighted by atomic mass is 32.2. The normalized spacial score (nSPS) is 10.3. The lowest BCUT2D eigenvalue weighted by Crippen LogP contribution is -2.19. The highest BCUT2D eigenvalue weighted by Crippen LogP contribution is 2.22. The van der Waals surface area contributed by atoms with Crippen LogP contribution in [0.15, 0.2) is 108 Å². The third-order valence-corrected chi connectivity index (χ3v) is 5.85. The Morgan fingerprint density at radius 2 is 1.27 bits per heavy atom. The molecule has 4 aromatic carbocycles. The van der Waals surface area contributed by atoms with Crippen LogP contribution in [0.25, 0.3) is 11.1 Å². The van der Waals surface area contributed by atoms with Crippen molar-refractivity contribution in [1.82, 2.24) is 0 Å². The molecule has 0 unspecified atom stereocenters. The number of benzene rings is 4. The Morgan fingerprint density at radius 3 is 1.85 bits per heavy atom. The van der Waals surface area contributed by atoms with Gasteiger partial charge in [0.2, 0.25) is 0 Å². The summed E-state index contributed by atoms with van der Waals surface area (Å²) in [6, 6.07) is 32.7. The molecule has 4 aromatic rings. The molecule has 0 radical (unpaired) electrons. The van der Waals surface area contributed by atoms with Crippen molar-refractivity contribution in [3.05, 3.63) is 109 Å². The fourth-order valence-corrected chi connectivity index (χ4v) is 3.81. The molecule has 0 spiro atoms. The summed E-state index contributed by atoms with van der Waals surface area (Å²) in [4.78, 5) is 13.4. The van der Waals surface area contributed by atoms with Crippen LogP contribution in [0.4, 0.5) is 11.4 Å². The van der Waals surface area contributed by atoms with Gasteiger partial charge in [0, 0.05) is 16.3 Å². The Kier molecular flexibility index (Phi) is 7.40. The Balaban J connectivity index is 1.31. The molecular weight excluding hydrogens is 448 g/mol. The van der Waals surface area contributed by atoms with Crippen molar-refractivity contribution >= 4 is 46.4 Å². The molecule has 0 bridgehead atoms. The molecule has 33 heavy (non-hydrogen) atoms. The lowest BCUT2D eigenvalue weighted by molar-refractivity contribution is 0.0734. The largest absolute Gasteiger partial charge is 0.423 e. The summed E-state index contributed by atoms with van der Waals surface area (Å²) in [5.74, 6) is 0.0781. The van der Waals surface area contributed by atoms with Gasteiger partial charge in [0.15, 0.2) is 5.11 Å². The van der Waals surface area contributed by atoms with Gasteiger partial charge in [0.05, 0.1) is 5.56 Å². The minimum Gasteiger partial charge on any atom is -0.423 e. The molecule has 0 saturated heterocycles. The highest BCUT2D eigenvalue weighted by molar-refractivity contribution is 7.98. The summed E-state index contributed by atoms with van der Waals surface area (Å²) in [5.41, 5.74) is 4.51. The van der Waals surface area contributed by atoms with Crippen LogP contribution < -0.4 is 15.4 Å². The van der Waals surface area contributed by atoms with Crippen LogP contribution in [0.2, 0.25) is 0 Å². The lowest BCUT2D eigenvalue weighted by atomic mass is 10.1. The molecule has 0 heterocycles. The SMILES string of the molecule is CSc1ccc(C(=O)Oc2ccc(NC(=S)Nc3ccc(-c4ccccc4)cc3)cc2)cc1. The Labute approximate surface area is 203 Å². The van der Waals surface area contributed by atoms with Crippen molar-refractivity contribution in [2.24, 2.45) is 0 Å². The molecule has 0 atom stereocenters. The van der Waals surface area contributed by atoms with E-state index >= 15 is 0 Å². The average Bonchev–Trinajstić information content (AvgIpc) is 2.86. The first kappa shape index (κ1) is 22.6. The van der Waals surface area contributed by atoms with E-state index < -0.39 is 0 Å². The van der Waals surface area contributed by atoms with E-state index in [2.05, 4.69) is 34.9 Å². The summed E-state index contributed by atoms with van der Waals surface area (Å²) in [6.07, 6.45) is 1.99. The number of nitrogens with one attached hydrogen (secondary N) is 2. The van der Waals surface area contributed by atoms with Gasteiger partial charge in [-0.15, -0.1) is 11.8 Å². The fraction of sp³-hybridized carbons (Fsp3) is 0.0370. The van der Waals surface area contributed by atoms with Gasteiger partial charge in [-0.25, -0.2) is 4.79 Å². The van der Waals surface area contributed by atoms with E-state index in [4.69, 9.17) is 17.0 Å². The van der Waals surface area contributed by atoms with Gasteiger partial charge >= 0.3 is 5.97 Å². The number of thioether (sulfide) groups is 1. The number of esters is 1. The topological polar surface area (TPSA) is 50.4 Å². The average molecular weight is 471 g/mol. The number of rotatable bonds is 6. The monoisotopic (exact) mass is 470 g/mol. The summed E-state index contributed by atoms with van der Waals surface area (Å²) < 4.78 is 5.46. The maximum atomic E-state index is 12.3. The van der Waals surface area contributed by atoms with Crippen molar-refractivity contribution in [3.63, 3.8) is 0 Å². The molecule has 0 fully saturated rings. The molecule has 0 saturated carbocycles. The maximum Gasteiger partial charge on any atom is 0.343 e. The first-order chi connectivity index (χ1) is 16.1. The molecule has 2 N–H and O–H groups in total. The van der Waals surface area contributed by atoms with E-state index in [9.17, 15) is 4.79 Å². The smallest absolute Gasteiger partial charge is 0.343 e. The number of hydrogen-bond acceptors (Lipinski definition) is 4. The van der Waals surface area contributed by atoms with Crippen molar-refractivity contribution in [1.29, 1.82) is 0 Å². The molecule has 0 aliphatic carbocycles. The molecular formula is C27H22N2O2S2. The first-order valence-corrected chi connectivity index (χ1v) is 11.9. The van der Waals surface area contributed by atoms with Crippen LogP contribution in [0.5, 0.6) is 5.75 Å². The van der Waals surface area contributed by atoms with E-state index in [0.29, 0.717) is 16.4 Å². The number of ether oxygens (including phenoxy) is 1. The van der Waals surface area contributed by atoms with E-state index in [1.807, 2.05) is 60.9 Å². The van der Waals surface area contributed by atoms with Crippen LogP contribution in [-0.2, 0) is 0 Å². The number of carbonyl (C=O) groups is 1. The minimum atomic E-state index is -0.389.